The number of carbonyl (C=O) groups excluding carboxylic acids is 1. The minimum Gasteiger partial charge on any atom is -0.346 e. The number of halogens is 1. The Morgan fingerprint density at radius 3 is 2.79 bits per heavy atom. The Balaban J connectivity index is 1.46. The SMILES string of the molecule is Cc1nn(C(=O)NCCc2ccc(F)cc2)c(C)c1Cc1c[nH]c2ncccc12. The fourth-order valence-corrected chi connectivity index (χ4v) is 3.52. The Hall–Kier alpha value is -3.48. The van der Waals surface area contributed by atoms with Crippen molar-refractivity contribution < 1.29 is 9.18 Å². The molecule has 0 spiro atoms. The maximum absolute atomic E-state index is 13.0. The highest BCUT2D eigenvalue weighted by Crippen LogP contribution is 2.23. The Bertz CT molecular complexity index is 1160. The van der Waals surface area contributed by atoms with Crippen LogP contribution in [-0.2, 0) is 12.8 Å². The number of benzene rings is 1. The van der Waals surface area contributed by atoms with Gasteiger partial charge in [0.25, 0.3) is 0 Å². The van der Waals surface area contributed by atoms with Gasteiger partial charge in [-0.1, -0.05) is 12.1 Å². The maximum Gasteiger partial charge on any atom is 0.342 e. The van der Waals surface area contributed by atoms with Gasteiger partial charge in [0.2, 0.25) is 0 Å². The van der Waals surface area contributed by atoms with Crippen molar-refractivity contribution in [1.29, 1.82) is 0 Å². The second kappa shape index (κ2) is 7.87. The quantitative estimate of drug-likeness (QED) is 0.542. The van der Waals surface area contributed by atoms with Crippen LogP contribution in [0.3, 0.4) is 0 Å². The molecule has 0 bridgehead atoms. The van der Waals surface area contributed by atoms with Gasteiger partial charge < -0.3 is 10.3 Å². The number of rotatable bonds is 5. The van der Waals surface area contributed by atoms with Crippen LogP contribution in [0.25, 0.3) is 11.0 Å². The van der Waals surface area contributed by atoms with Gasteiger partial charge in [0.1, 0.15) is 11.5 Å². The van der Waals surface area contributed by atoms with Crippen LogP contribution in [0.15, 0.2) is 48.8 Å². The lowest BCUT2D eigenvalue weighted by Gasteiger charge is -2.07. The van der Waals surface area contributed by atoms with E-state index in [0.717, 1.165) is 39.1 Å². The van der Waals surface area contributed by atoms with Crippen molar-refractivity contribution in [3.8, 4) is 0 Å². The van der Waals surface area contributed by atoms with E-state index in [4.69, 9.17) is 0 Å². The molecule has 7 heteroatoms. The molecule has 2 N–H and O–H groups in total. The molecule has 148 valence electrons. The van der Waals surface area contributed by atoms with Crippen LogP contribution in [0.5, 0.6) is 0 Å². The highest BCUT2D eigenvalue weighted by molar-refractivity contribution is 5.80. The van der Waals surface area contributed by atoms with Gasteiger partial charge in [-0.25, -0.2) is 14.2 Å². The average molecular weight is 391 g/mol. The lowest BCUT2D eigenvalue weighted by Crippen LogP contribution is -2.31. The van der Waals surface area contributed by atoms with Crippen LogP contribution in [0.4, 0.5) is 9.18 Å². The van der Waals surface area contributed by atoms with Gasteiger partial charge in [-0.05, 0) is 55.7 Å². The summed E-state index contributed by atoms with van der Waals surface area (Å²) in [6, 6.07) is 9.97. The maximum atomic E-state index is 13.0. The largest absolute Gasteiger partial charge is 0.346 e. The molecule has 0 unspecified atom stereocenters. The zero-order chi connectivity index (χ0) is 20.4. The van der Waals surface area contributed by atoms with E-state index in [9.17, 15) is 9.18 Å². The third-order valence-electron chi connectivity index (χ3n) is 5.14. The summed E-state index contributed by atoms with van der Waals surface area (Å²) in [7, 11) is 0. The normalized spacial score (nSPS) is 11.1. The summed E-state index contributed by atoms with van der Waals surface area (Å²) in [5, 5.41) is 8.39. The molecule has 6 nitrogen and oxygen atoms in total. The molecule has 1 amide bonds. The van der Waals surface area contributed by atoms with E-state index >= 15 is 0 Å². The fourth-order valence-electron chi connectivity index (χ4n) is 3.52. The number of pyridine rings is 1. The number of fused-ring (bicyclic) bond motifs is 1. The first-order valence-electron chi connectivity index (χ1n) is 9.51. The molecule has 0 saturated carbocycles. The van der Waals surface area contributed by atoms with Gasteiger partial charge in [0.15, 0.2) is 0 Å². The van der Waals surface area contributed by atoms with E-state index in [2.05, 4.69) is 20.4 Å². The Kier molecular flexibility index (Phi) is 5.12. The molecule has 1 aromatic carbocycles. The van der Waals surface area contributed by atoms with Gasteiger partial charge in [-0.15, -0.1) is 0 Å². The predicted molar refractivity (Wildman–Crippen MR) is 110 cm³/mol. The minimum atomic E-state index is -0.265. The van der Waals surface area contributed by atoms with Crippen LogP contribution in [0.2, 0.25) is 0 Å². The van der Waals surface area contributed by atoms with Crippen molar-refractivity contribution in [1.82, 2.24) is 25.1 Å². The molecule has 29 heavy (non-hydrogen) atoms. The van der Waals surface area contributed by atoms with E-state index in [1.165, 1.54) is 16.8 Å². The van der Waals surface area contributed by atoms with Crippen LogP contribution < -0.4 is 5.32 Å². The predicted octanol–water partition coefficient (Wildman–Crippen LogP) is 3.91. The van der Waals surface area contributed by atoms with Gasteiger partial charge in [-0.2, -0.15) is 9.78 Å². The molecular formula is C22H22FN5O. The van der Waals surface area contributed by atoms with Gasteiger partial charge >= 0.3 is 6.03 Å². The summed E-state index contributed by atoms with van der Waals surface area (Å²) >= 11 is 0. The lowest BCUT2D eigenvalue weighted by molar-refractivity contribution is 0.239. The summed E-state index contributed by atoms with van der Waals surface area (Å²) in [4.78, 5) is 20.1. The van der Waals surface area contributed by atoms with E-state index in [1.54, 1.807) is 18.3 Å². The number of nitrogens with one attached hydrogen (secondary N) is 2. The van der Waals surface area contributed by atoms with Crippen molar-refractivity contribution in [2.24, 2.45) is 0 Å². The summed E-state index contributed by atoms with van der Waals surface area (Å²) in [5.74, 6) is -0.265. The number of hydrogen-bond acceptors (Lipinski definition) is 3. The molecule has 0 saturated heterocycles. The van der Waals surface area contributed by atoms with Crippen molar-refractivity contribution in [2.45, 2.75) is 26.7 Å². The van der Waals surface area contributed by atoms with Crippen LogP contribution in [-0.4, -0.2) is 32.3 Å². The number of hydrogen-bond donors (Lipinski definition) is 2. The molecule has 0 aliphatic heterocycles. The molecule has 4 rings (SSSR count). The number of aromatic amines is 1. The number of nitrogens with zero attached hydrogens (tertiary/aromatic N) is 3. The zero-order valence-electron chi connectivity index (χ0n) is 16.4. The second-order valence-corrected chi connectivity index (χ2v) is 7.06. The molecule has 4 aromatic rings. The highest BCUT2D eigenvalue weighted by Gasteiger charge is 2.18. The van der Waals surface area contributed by atoms with Crippen LogP contribution >= 0.6 is 0 Å². The van der Waals surface area contributed by atoms with Crippen LogP contribution in [0, 0.1) is 19.7 Å². The molecule has 0 fully saturated rings. The van der Waals surface area contributed by atoms with Gasteiger partial charge in [0.05, 0.1) is 5.69 Å². The Morgan fingerprint density at radius 1 is 1.21 bits per heavy atom. The number of H-pyrrole nitrogens is 1. The van der Waals surface area contributed by atoms with Gasteiger partial charge in [-0.3, -0.25) is 0 Å². The Labute approximate surface area is 167 Å². The summed E-state index contributed by atoms with van der Waals surface area (Å²) in [6.45, 7) is 4.27. The van der Waals surface area contributed by atoms with Crippen molar-refractivity contribution >= 4 is 17.1 Å². The molecule has 3 heterocycles. The average Bonchev–Trinajstić information content (AvgIpc) is 3.26. The van der Waals surface area contributed by atoms with Crippen molar-refractivity contribution in [3.63, 3.8) is 0 Å². The first-order chi connectivity index (χ1) is 14.0. The van der Waals surface area contributed by atoms with Gasteiger partial charge in [0, 0.05) is 42.0 Å². The lowest BCUT2D eigenvalue weighted by atomic mass is 10.0. The monoisotopic (exact) mass is 391 g/mol. The van der Waals surface area contributed by atoms with Crippen molar-refractivity contribution in [3.05, 3.63) is 82.7 Å². The van der Waals surface area contributed by atoms with Crippen LogP contribution in [0.1, 0.15) is 28.1 Å². The molecule has 0 aliphatic carbocycles. The van der Waals surface area contributed by atoms with Crippen molar-refractivity contribution in [2.75, 3.05) is 6.54 Å². The first-order valence-corrected chi connectivity index (χ1v) is 9.51. The standard InChI is InChI=1S/C22H22FN5O/c1-14-20(12-17-13-26-21-19(17)4-3-10-24-21)15(2)28(27-14)22(29)25-11-9-16-5-7-18(23)8-6-16/h3-8,10,13H,9,11-12H2,1-2H3,(H,24,26)(H,25,29). The van der Waals surface area contributed by atoms with E-state index in [0.29, 0.717) is 19.4 Å². The molecule has 0 radical (unpaired) electrons. The number of amides is 1. The fraction of sp³-hybridized carbons (Fsp3) is 0.227. The second-order valence-electron chi connectivity index (χ2n) is 7.06. The summed E-state index contributed by atoms with van der Waals surface area (Å²) < 4.78 is 14.4. The molecule has 0 atom stereocenters. The Morgan fingerprint density at radius 2 is 2.00 bits per heavy atom. The summed E-state index contributed by atoms with van der Waals surface area (Å²) in [6.07, 6.45) is 5.01. The third kappa shape index (κ3) is 3.89. The molecule has 3 aromatic heterocycles. The van der Waals surface area contributed by atoms with E-state index < -0.39 is 0 Å². The van der Waals surface area contributed by atoms with E-state index in [-0.39, 0.29) is 11.8 Å². The first kappa shape index (κ1) is 18.9. The minimum absolute atomic E-state index is 0.264. The smallest absolute Gasteiger partial charge is 0.342 e. The highest BCUT2D eigenvalue weighted by atomic mass is 19.1. The zero-order valence-corrected chi connectivity index (χ0v) is 16.4. The molecule has 0 aliphatic rings. The number of aromatic nitrogens is 4. The topological polar surface area (TPSA) is 75.6 Å². The molecular weight excluding hydrogens is 369 g/mol. The summed E-state index contributed by atoms with van der Waals surface area (Å²) in [5.41, 5.74) is 5.62. The third-order valence-corrected chi connectivity index (χ3v) is 5.14. The number of carbonyl (C=O) groups is 1. The van der Waals surface area contributed by atoms with E-state index in [1.807, 2.05) is 32.2 Å². The number of aryl methyl sites for hydroxylation is 1.